The van der Waals surface area contributed by atoms with Gasteiger partial charge in [0.2, 0.25) is 0 Å². The van der Waals surface area contributed by atoms with Crippen LogP contribution in [-0.2, 0) is 14.4 Å². The van der Waals surface area contributed by atoms with Crippen LogP contribution >= 0.6 is 39.1 Å². The van der Waals surface area contributed by atoms with Crippen LogP contribution in [0.5, 0.6) is 11.5 Å². The van der Waals surface area contributed by atoms with Gasteiger partial charge in [0.25, 0.3) is 17.7 Å². The van der Waals surface area contributed by atoms with Gasteiger partial charge in [0.1, 0.15) is 17.5 Å². The highest BCUT2D eigenvalue weighted by molar-refractivity contribution is 9.10. The molecule has 2 aromatic carbocycles. The molecule has 0 aliphatic heterocycles. The highest BCUT2D eigenvalue weighted by atomic mass is 79.9. The molecule has 0 aliphatic rings. The second-order valence-corrected chi connectivity index (χ2v) is 9.96. The highest BCUT2D eigenvalue weighted by Crippen LogP contribution is 2.28. The summed E-state index contributed by atoms with van der Waals surface area (Å²) < 4.78 is 11.7. The Hall–Kier alpha value is -2.82. The van der Waals surface area contributed by atoms with Gasteiger partial charge in [-0.3, -0.25) is 14.4 Å². The Morgan fingerprint density at radius 3 is 2.42 bits per heavy atom. The summed E-state index contributed by atoms with van der Waals surface area (Å²) in [4.78, 5) is 36.6. The maximum atomic E-state index is 12.8. The van der Waals surface area contributed by atoms with E-state index < -0.39 is 29.9 Å². The Morgan fingerprint density at radius 1 is 1.08 bits per heavy atom. The van der Waals surface area contributed by atoms with Crippen molar-refractivity contribution in [3.8, 4) is 11.5 Å². The fourth-order valence-corrected chi connectivity index (χ4v) is 3.78. The molecule has 12 heteroatoms. The van der Waals surface area contributed by atoms with Crippen molar-refractivity contribution in [2.24, 2.45) is 16.8 Å². The van der Waals surface area contributed by atoms with Gasteiger partial charge in [-0.15, -0.1) is 0 Å². The average molecular weight is 602 g/mol. The number of hydrogen-bond acceptors (Lipinski definition) is 6. The number of carbonyl (C=O) groups is 3. The smallest absolute Gasteiger partial charge is 0.262 e. The second-order valence-electron chi connectivity index (χ2n) is 8.20. The third-order valence-electron chi connectivity index (χ3n) is 4.63. The van der Waals surface area contributed by atoms with Gasteiger partial charge in [-0.05, 0) is 55.7 Å². The molecule has 2 rings (SSSR count). The van der Waals surface area contributed by atoms with E-state index >= 15 is 0 Å². The number of carbonyl (C=O) groups excluding carboxylic acids is 3. The predicted octanol–water partition coefficient (Wildman–Crippen LogP) is 4.07. The molecule has 194 valence electrons. The minimum atomic E-state index is -0.929. The SMILES string of the molecule is CC(C)C[C@H](NC(=O)[C@@H](C)Oc1ccc(Cl)cc1Cl)C(=O)N/N=C\c1cc(Br)ccc1OCC(N)=O. The zero-order valence-electron chi connectivity index (χ0n) is 19.9. The summed E-state index contributed by atoms with van der Waals surface area (Å²) in [6.45, 7) is 5.09. The van der Waals surface area contributed by atoms with Crippen molar-refractivity contribution < 1.29 is 23.9 Å². The Bertz CT molecular complexity index is 1130. The van der Waals surface area contributed by atoms with E-state index in [1.165, 1.54) is 12.3 Å². The van der Waals surface area contributed by atoms with Crippen molar-refractivity contribution in [1.29, 1.82) is 0 Å². The average Bonchev–Trinajstić information content (AvgIpc) is 2.79. The van der Waals surface area contributed by atoms with E-state index in [0.29, 0.717) is 28.5 Å². The Morgan fingerprint density at radius 2 is 1.78 bits per heavy atom. The van der Waals surface area contributed by atoms with E-state index in [9.17, 15) is 14.4 Å². The highest BCUT2D eigenvalue weighted by Gasteiger charge is 2.25. The lowest BCUT2D eigenvalue weighted by molar-refractivity contribution is -0.132. The lowest BCUT2D eigenvalue weighted by Crippen LogP contribution is -2.49. The van der Waals surface area contributed by atoms with Gasteiger partial charge in [-0.25, -0.2) is 5.43 Å². The molecule has 4 N–H and O–H groups in total. The van der Waals surface area contributed by atoms with Crippen LogP contribution in [0.15, 0.2) is 46.0 Å². The fraction of sp³-hybridized carbons (Fsp3) is 0.333. The lowest BCUT2D eigenvalue weighted by atomic mass is 10.0. The number of rotatable bonds is 12. The number of hydrogen-bond donors (Lipinski definition) is 3. The predicted molar refractivity (Wildman–Crippen MR) is 143 cm³/mol. The van der Waals surface area contributed by atoms with Crippen LogP contribution < -0.4 is 25.9 Å². The second kappa shape index (κ2) is 14.1. The van der Waals surface area contributed by atoms with Crippen molar-refractivity contribution in [3.05, 3.63) is 56.5 Å². The molecule has 0 fully saturated rings. The van der Waals surface area contributed by atoms with Crippen molar-refractivity contribution in [2.75, 3.05) is 6.61 Å². The molecular formula is C24H27BrCl2N4O5. The van der Waals surface area contributed by atoms with Crippen molar-refractivity contribution in [1.82, 2.24) is 10.7 Å². The Kier molecular flexibility index (Phi) is 11.5. The third-order valence-corrected chi connectivity index (χ3v) is 5.65. The number of nitrogens with two attached hydrogens (primary N) is 1. The van der Waals surface area contributed by atoms with E-state index in [2.05, 4.69) is 31.8 Å². The number of nitrogens with zero attached hydrogens (tertiary/aromatic N) is 1. The molecule has 0 unspecified atom stereocenters. The van der Waals surface area contributed by atoms with E-state index in [1.54, 1.807) is 37.3 Å². The van der Waals surface area contributed by atoms with Crippen LogP contribution in [0, 0.1) is 5.92 Å². The summed E-state index contributed by atoms with van der Waals surface area (Å²) in [5.41, 5.74) is 8.06. The van der Waals surface area contributed by atoms with Crippen LogP contribution in [-0.4, -0.2) is 42.7 Å². The summed E-state index contributed by atoms with van der Waals surface area (Å²) in [5, 5.41) is 7.38. The lowest BCUT2D eigenvalue weighted by Gasteiger charge is -2.22. The standard InChI is InChI=1S/C24H27BrCl2N4O5/c1-13(2)8-19(30-23(33)14(3)36-21-7-5-17(26)10-18(21)27)24(34)31-29-11-15-9-16(25)4-6-20(15)35-12-22(28)32/h4-7,9-11,13-14,19H,8,12H2,1-3H3,(H2,28,32)(H,30,33)(H,31,34)/b29-11-/t14-,19+/m1/s1. The van der Waals surface area contributed by atoms with Crippen molar-refractivity contribution in [3.63, 3.8) is 0 Å². The van der Waals surface area contributed by atoms with Gasteiger partial charge in [-0.1, -0.05) is 53.0 Å². The van der Waals surface area contributed by atoms with Gasteiger partial charge in [0, 0.05) is 15.1 Å². The molecule has 0 saturated heterocycles. The molecule has 36 heavy (non-hydrogen) atoms. The molecule has 0 aromatic heterocycles. The normalized spacial score (nSPS) is 12.8. The summed E-state index contributed by atoms with van der Waals surface area (Å²) in [6.07, 6.45) is 0.800. The van der Waals surface area contributed by atoms with Crippen molar-refractivity contribution in [2.45, 2.75) is 39.3 Å². The first-order chi connectivity index (χ1) is 17.0. The molecule has 0 aliphatic carbocycles. The number of amides is 3. The van der Waals surface area contributed by atoms with Gasteiger partial charge in [0.05, 0.1) is 11.2 Å². The van der Waals surface area contributed by atoms with Crippen molar-refractivity contribution >= 4 is 63.1 Å². The van der Waals surface area contributed by atoms with Gasteiger partial charge in [-0.2, -0.15) is 5.10 Å². The van der Waals surface area contributed by atoms with E-state index in [1.807, 2.05) is 13.8 Å². The van der Waals surface area contributed by atoms with Crippen LogP contribution in [0.4, 0.5) is 0 Å². The molecule has 9 nitrogen and oxygen atoms in total. The van der Waals surface area contributed by atoms with E-state index in [-0.39, 0.29) is 17.5 Å². The molecular weight excluding hydrogens is 575 g/mol. The monoisotopic (exact) mass is 600 g/mol. The maximum absolute atomic E-state index is 12.8. The first-order valence-corrected chi connectivity index (χ1v) is 12.5. The number of benzene rings is 2. The summed E-state index contributed by atoms with van der Waals surface area (Å²) >= 11 is 15.4. The summed E-state index contributed by atoms with van der Waals surface area (Å²) in [6, 6.07) is 8.84. The quantitative estimate of drug-likeness (QED) is 0.249. The minimum absolute atomic E-state index is 0.103. The molecule has 2 aromatic rings. The van der Waals surface area contributed by atoms with Crippen LogP contribution in [0.2, 0.25) is 10.0 Å². The van der Waals surface area contributed by atoms with Crippen LogP contribution in [0.1, 0.15) is 32.8 Å². The van der Waals surface area contributed by atoms with E-state index in [0.717, 1.165) is 4.47 Å². The molecule has 3 amide bonds. The summed E-state index contributed by atoms with van der Waals surface area (Å²) in [5.74, 6) is -0.890. The largest absolute Gasteiger partial charge is 0.483 e. The number of ether oxygens (including phenoxy) is 2. The van der Waals surface area contributed by atoms with E-state index in [4.69, 9.17) is 38.4 Å². The fourth-order valence-electron chi connectivity index (χ4n) is 2.95. The molecule has 0 saturated carbocycles. The zero-order valence-corrected chi connectivity index (χ0v) is 23.0. The topological polar surface area (TPSA) is 132 Å². The first kappa shape index (κ1) is 29.4. The molecule has 0 spiro atoms. The van der Waals surface area contributed by atoms with Crippen LogP contribution in [0.3, 0.4) is 0 Å². The Balaban J connectivity index is 2.06. The number of hydrazone groups is 1. The van der Waals surface area contributed by atoms with Gasteiger partial charge in [0.15, 0.2) is 12.7 Å². The molecule has 0 bridgehead atoms. The first-order valence-electron chi connectivity index (χ1n) is 10.9. The van der Waals surface area contributed by atoms with Gasteiger partial charge >= 0.3 is 0 Å². The molecule has 2 atom stereocenters. The number of primary amides is 1. The minimum Gasteiger partial charge on any atom is -0.483 e. The number of halogens is 3. The number of nitrogens with one attached hydrogen (secondary N) is 2. The van der Waals surface area contributed by atoms with Crippen LogP contribution in [0.25, 0.3) is 0 Å². The van der Waals surface area contributed by atoms with Gasteiger partial charge < -0.3 is 20.5 Å². The molecule has 0 radical (unpaired) electrons. The Labute approximate surface area is 227 Å². The third kappa shape index (κ3) is 9.67. The molecule has 0 heterocycles. The summed E-state index contributed by atoms with van der Waals surface area (Å²) in [7, 11) is 0. The maximum Gasteiger partial charge on any atom is 0.262 e. The zero-order chi connectivity index (χ0) is 26.8.